The van der Waals surface area contributed by atoms with Crippen molar-refractivity contribution in [2.24, 2.45) is 0 Å². The van der Waals surface area contributed by atoms with E-state index >= 15 is 0 Å². The van der Waals surface area contributed by atoms with Crippen LogP contribution in [0.3, 0.4) is 0 Å². The maximum Gasteiger partial charge on any atom is 0.237 e. The molecule has 2 atom stereocenters. The van der Waals surface area contributed by atoms with Crippen LogP contribution in [0.2, 0.25) is 0 Å². The van der Waals surface area contributed by atoms with Crippen molar-refractivity contribution in [1.29, 1.82) is 5.26 Å². The summed E-state index contributed by atoms with van der Waals surface area (Å²) in [5, 5.41) is 11.9. The summed E-state index contributed by atoms with van der Waals surface area (Å²) in [4.78, 5) is 13.5. The van der Waals surface area contributed by atoms with Crippen molar-refractivity contribution in [3.8, 4) is 6.07 Å². The number of hydrogen-bond donors (Lipinski definition) is 1. The van der Waals surface area contributed by atoms with Crippen LogP contribution in [0.4, 0.5) is 0 Å². The molecule has 2 heterocycles. The van der Waals surface area contributed by atoms with Crippen molar-refractivity contribution >= 4 is 5.91 Å². The fraction of sp³-hybridized carbons (Fsp3) is 0.800. The van der Waals surface area contributed by atoms with Crippen LogP contribution in [-0.2, 0) is 4.79 Å². The Morgan fingerprint density at radius 2 is 2.43 bits per heavy atom. The Labute approximate surface area is 83.9 Å². The summed E-state index contributed by atoms with van der Waals surface area (Å²) in [5.74, 6) is 0.00546. The summed E-state index contributed by atoms with van der Waals surface area (Å²) < 4.78 is 0. The van der Waals surface area contributed by atoms with E-state index < -0.39 is 0 Å². The van der Waals surface area contributed by atoms with Crippen LogP contribution in [-0.4, -0.2) is 36.0 Å². The second-order valence-electron chi connectivity index (χ2n) is 3.98. The number of nitriles is 1. The molecule has 2 unspecified atom stereocenters. The van der Waals surface area contributed by atoms with Crippen molar-refractivity contribution in [3.63, 3.8) is 0 Å². The Kier molecular flexibility index (Phi) is 2.69. The molecule has 76 valence electrons. The number of likely N-dealkylation sites (tertiary alicyclic amines) is 1. The van der Waals surface area contributed by atoms with Gasteiger partial charge in [-0.15, -0.1) is 0 Å². The van der Waals surface area contributed by atoms with E-state index in [2.05, 4.69) is 5.32 Å². The normalized spacial score (nSPS) is 30.9. The van der Waals surface area contributed by atoms with E-state index in [0.29, 0.717) is 12.1 Å². The SMILES string of the molecule is N#CCC(=O)N1CCCC2NCCC21. The molecule has 2 aliphatic heterocycles. The highest BCUT2D eigenvalue weighted by molar-refractivity contribution is 5.78. The Morgan fingerprint density at radius 3 is 3.21 bits per heavy atom. The minimum atomic E-state index is 0.00546. The summed E-state index contributed by atoms with van der Waals surface area (Å²) in [6.45, 7) is 1.84. The second kappa shape index (κ2) is 3.97. The van der Waals surface area contributed by atoms with Gasteiger partial charge in [0.1, 0.15) is 6.42 Å². The first-order valence-electron chi connectivity index (χ1n) is 5.22. The van der Waals surface area contributed by atoms with Gasteiger partial charge >= 0.3 is 0 Å². The minimum Gasteiger partial charge on any atom is -0.337 e. The average Bonchev–Trinajstić information content (AvgIpc) is 2.65. The van der Waals surface area contributed by atoms with Gasteiger partial charge in [-0.25, -0.2) is 0 Å². The van der Waals surface area contributed by atoms with Gasteiger partial charge < -0.3 is 10.2 Å². The zero-order valence-corrected chi connectivity index (χ0v) is 8.20. The van der Waals surface area contributed by atoms with Crippen LogP contribution in [0.25, 0.3) is 0 Å². The quantitative estimate of drug-likeness (QED) is 0.649. The van der Waals surface area contributed by atoms with E-state index in [9.17, 15) is 4.79 Å². The maximum atomic E-state index is 11.6. The van der Waals surface area contributed by atoms with Crippen LogP contribution in [0.1, 0.15) is 25.7 Å². The molecule has 2 fully saturated rings. The predicted octanol–water partition coefficient (Wildman–Crippen LogP) is 0.253. The van der Waals surface area contributed by atoms with E-state index in [1.165, 1.54) is 6.42 Å². The maximum absolute atomic E-state index is 11.6. The molecule has 2 rings (SSSR count). The summed E-state index contributed by atoms with van der Waals surface area (Å²) in [7, 11) is 0. The number of nitrogens with zero attached hydrogens (tertiary/aromatic N) is 2. The van der Waals surface area contributed by atoms with Gasteiger partial charge in [-0.3, -0.25) is 4.79 Å². The van der Waals surface area contributed by atoms with Gasteiger partial charge in [-0.1, -0.05) is 0 Å². The van der Waals surface area contributed by atoms with Gasteiger partial charge in [-0.05, 0) is 25.8 Å². The lowest BCUT2D eigenvalue weighted by Gasteiger charge is -2.37. The Bertz CT molecular complexity index is 271. The molecule has 2 saturated heterocycles. The van der Waals surface area contributed by atoms with Crippen LogP contribution >= 0.6 is 0 Å². The smallest absolute Gasteiger partial charge is 0.237 e. The van der Waals surface area contributed by atoms with E-state index in [0.717, 1.165) is 25.9 Å². The summed E-state index contributed by atoms with van der Waals surface area (Å²) in [6.07, 6.45) is 3.30. The van der Waals surface area contributed by atoms with Gasteiger partial charge in [0.25, 0.3) is 0 Å². The molecule has 0 saturated carbocycles. The second-order valence-corrected chi connectivity index (χ2v) is 3.98. The van der Waals surface area contributed by atoms with Gasteiger partial charge in [0.05, 0.1) is 6.07 Å². The number of carbonyl (C=O) groups excluding carboxylic acids is 1. The first-order valence-corrected chi connectivity index (χ1v) is 5.22. The Morgan fingerprint density at radius 1 is 1.57 bits per heavy atom. The van der Waals surface area contributed by atoms with E-state index in [4.69, 9.17) is 5.26 Å². The number of piperidine rings is 1. The lowest BCUT2D eigenvalue weighted by molar-refractivity contribution is -0.133. The number of nitrogens with one attached hydrogen (secondary N) is 1. The molecule has 0 bridgehead atoms. The monoisotopic (exact) mass is 193 g/mol. The van der Waals surface area contributed by atoms with Gasteiger partial charge in [0.2, 0.25) is 5.91 Å². The topological polar surface area (TPSA) is 56.1 Å². The summed E-state index contributed by atoms with van der Waals surface area (Å²) in [5.41, 5.74) is 0. The standard InChI is InChI=1S/C10H15N3O/c11-5-3-10(14)13-7-1-2-8-9(13)4-6-12-8/h8-9,12H,1-4,6-7H2. The molecule has 4 nitrogen and oxygen atoms in total. The summed E-state index contributed by atoms with van der Waals surface area (Å²) >= 11 is 0. The molecular formula is C10H15N3O. The number of hydrogen-bond acceptors (Lipinski definition) is 3. The predicted molar refractivity (Wildman–Crippen MR) is 51.4 cm³/mol. The largest absolute Gasteiger partial charge is 0.337 e. The Balaban J connectivity index is 2.03. The molecule has 0 aromatic carbocycles. The number of fused-ring (bicyclic) bond motifs is 1. The fourth-order valence-electron chi connectivity index (χ4n) is 2.55. The van der Waals surface area contributed by atoms with E-state index in [1.54, 1.807) is 0 Å². The van der Waals surface area contributed by atoms with Gasteiger partial charge in [-0.2, -0.15) is 5.26 Å². The molecule has 0 radical (unpaired) electrons. The van der Waals surface area contributed by atoms with Crippen molar-refractivity contribution in [3.05, 3.63) is 0 Å². The van der Waals surface area contributed by atoms with Crippen LogP contribution in [0, 0.1) is 11.3 Å². The molecule has 0 spiro atoms. The Hall–Kier alpha value is -1.08. The van der Waals surface area contributed by atoms with Crippen LogP contribution in [0.15, 0.2) is 0 Å². The molecule has 4 heteroatoms. The first kappa shape index (κ1) is 9.47. The van der Waals surface area contributed by atoms with Crippen LogP contribution in [0.5, 0.6) is 0 Å². The number of rotatable bonds is 1. The zero-order chi connectivity index (χ0) is 9.97. The lowest BCUT2D eigenvalue weighted by Crippen LogP contribution is -2.50. The molecule has 2 aliphatic rings. The van der Waals surface area contributed by atoms with Crippen molar-refractivity contribution in [2.45, 2.75) is 37.8 Å². The minimum absolute atomic E-state index is 0.00546. The summed E-state index contributed by atoms with van der Waals surface area (Å²) in [6, 6.07) is 2.76. The van der Waals surface area contributed by atoms with E-state index in [1.807, 2.05) is 11.0 Å². The third-order valence-corrected chi connectivity index (χ3v) is 3.18. The zero-order valence-electron chi connectivity index (χ0n) is 8.20. The highest BCUT2D eigenvalue weighted by Gasteiger charge is 2.36. The highest BCUT2D eigenvalue weighted by atomic mass is 16.2. The lowest BCUT2D eigenvalue weighted by atomic mass is 9.97. The third-order valence-electron chi connectivity index (χ3n) is 3.18. The third kappa shape index (κ3) is 1.60. The number of carbonyl (C=O) groups is 1. The first-order chi connectivity index (χ1) is 6.83. The molecule has 0 aromatic rings. The molecular weight excluding hydrogens is 178 g/mol. The fourth-order valence-corrected chi connectivity index (χ4v) is 2.55. The van der Waals surface area contributed by atoms with Crippen molar-refractivity contribution in [2.75, 3.05) is 13.1 Å². The molecule has 0 aromatic heterocycles. The molecule has 0 aliphatic carbocycles. The van der Waals surface area contributed by atoms with Gasteiger partial charge in [0.15, 0.2) is 0 Å². The molecule has 14 heavy (non-hydrogen) atoms. The van der Waals surface area contributed by atoms with Crippen molar-refractivity contribution < 1.29 is 4.79 Å². The van der Waals surface area contributed by atoms with Crippen LogP contribution < -0.4 is 5.32 Å². The van der Waals surface area contributed by atoms with Crippen molar-refractivity contribution in [1.82, 2.24) is 10.2 Å². The average molecular weight is 193 g/mol. The molecule has 1 N–H and O–H groups in total. The molecule has 1 amide bonds. The highest BCUT2D eigenvalue weighted by Crippen LogP contribution is 2.24. The van der Waals surface area contributed by atoms with Gasteiger partial charge in [0, 0.05) is 18.6 Å². The van der Waals surface area contributed by atoms with E-state index in [-0.39, 0.29) is 12.3 Å². The number of amides is 1.